The number of carbonyl (C=O) groups excluding carboxylic acids is 1. The van der Waals surface area contributed by atoms with Gasteiger partial charge in [-0.05, 0) is 48.5 Å². The van der Waals surface area contributed by atoms with Crippen LogP contribution in [-0.4, -0.2) is 23.2 Å². The van der Waals surface area contributed by atoms with Crippen molar-refractivity contribution in [2.75, 3.05) is 7.11 Å². The van der Waals surface area contributed by atoms with E-state index in [4.69, 9.17) is 14.5 Å². The Kier molecular flexibility index (Phi) is 4.72. The van der Waals surface area contributed by atoms with Crippen LogP contribution in [0.3, 0.4) is 0 Å². The Morgan fingerprint density at radius 2 is 1.92 bits per heavy atom. The van der Waals surface area contributed by atoms with Gasteiger partial charge in [0.2, 0.25) is 0 Å². The molecule has 0 aliphatic heterocycles. The second-order valence-electron chi connectivity index (χ2n) is 5.12. The molecule has 0 saturated carbocycles. The highest BCUT2D eigenvalue weighted by atomic mass is 16.5. The maximum absolute atomic E-state index is 12.1. The Labute approximate surface area is 143 Å². The van der Waals surface area contributed by atoms with Crippen LogP contribution in [0.25, 0.3) is 11.5 Å². The van der Waals surface area contributed by atoms with Crippen molar-refractivity contribution in [3.05, 3.63) is 65.5 Å². The zero-order valence-electron chi connectivity index (χ0n) is 13.4. The van der Waals surface area contributed by atoms with E-state index in [2.05, 4.69) is 15.5 Å². The first-order valence-electron chi connectivity index (χ1n) is 7.45. The molecule has 7 heteroatoms. The molecular weight excluding hydrogens is 320 g/mol. The fourth-order valence-corrected chi connectivity index (χ4v) is 2.13. The minimum atomic E-state index is -0.278. The number of carbonyl (C=O) groups is 1. The maximum Gasteiger partial charge on any atom is 0.257 e. The van der Waals surface area contributed by atoms with Crippen molar-refractivity contribution in [3.8, 4) is 23.3 Å². The fourth-order valence-electron chi connectivity index (χ4n) is 2.13. The molecule has 0 atom stereocenters. The second kappa shape index (κ2) is 7.27. The van der Waals surface area contributed by atoms with Gasteiger partial charge in [0.05, 0.1) is 25.3 Å². The van der Waals surface area contributed by atoms with E-state index in [1.165, 1.54) is 0 Å². The van der Waals surface area contributed by atoms with Gasteiger partial charge in [-0.15, -0.1) is 0 Å². The summed E-state index contributed by atoms with van der Waals surface area (Å²) in [5.74, 6) is 1.19. The molecule has 2 aromatic carbocycles. The van der Waals surface area contributed by atoms with Gasteiger partial charge in [-0.2, -0.15) is 10.2 Å². The molecule has 124 valence electrons. The molecule has 7 nitrogen and oxygen atoms in total. The number of hydrogen-bond donors (Lipinski definition) is 1. The minimum absolute atomic E-state index is 0.137. The number of aromatic nitrogens is 2. The first kappa shape index (κ1) is 16.2. The van der Waals surface area contributed by atoms with Gasteiger partial charge in [-0.1, -0.05) is 5.16 Å². The number of benzene rings is 2. The Morgan fingerprint density at radius 1 is 1.20 bits per heavy atom. The monoisotopic (exact) mass is 334 g/mol. The summed E-state index contributed by atoms with van der Waals surface area (Å²) in [7, 11) is 1.59. The van der Waals surface area contributed by atoms with Gasteiger partial charge >= 0.3 is 0 Å². The predicted octanol–water partition coefficient (Wildman–Crippen LogP) is 2.55. The second-order valence-corrected chi connectivity index (χ2v) is 5.12. The smallest absolute Gasteiger partial charge is 0.257 e. The Balaban J connectivity index is 1.62. The number of amides is 1. The van der Waals surface area contributed by atoms with E-state index in [1.54, 1.807) is 43.5 Å². The van der Waals surface area contributed by atoms with Crippen molar-refractivity contribution in [2.45, 2.75) is 6.54 Å². The van der Waals surface area contributed by atoms with Crippen LogP contribution >= 0.6 is 0 Å². The van der Waals surface area contributed by atoms with Crippen LogP contribution in [0.4, 0.5) is 0 Å². The first-order valence-corrected chi connectivity index (χ1v) is 7.45. The summed E-state index contributed by atoms with van der Waals surface area (Å²) in [5.41, 5.74) is 1.72. The van der Waals surface area contributed by atoms with Crippen LogP contribution in [0.5, 0.6) is 5.75 Å². The van der Waals surface area contributed by atoms with Gasteiger partial charge in [0.15, 0.2) is 5.82 Å². The molecule has 0 radical (unpaired) electrons. The third-order valence-electron chi connectivity index (χ3n) is 3.49. The van der Waals surface area contributed by atoms with Gasteiger partial charge < -0.3 is 14.6 Å². The normalized spacial score (nSPS) is 10.1. The lowest BCUT2D eigenvalue weighted by atomic mass is 10.1. The van der Waals surface area contributed by atoms with E-state index in [0.29, 0.717) is 22.8 Å². The molecule has 3 rings (SSSR count). The summed E-state index contributed by atoms with van der Waals surface area (Å²) in [6, 6.07) is 15.6. The van der Waals surface area contributed by atoms with Crippen LogP contribution in [-0.2, 0) is 6.54 Å². The summed E-state index contributed by atoms with van der Waals surface area (Å²) < 4.78 is 10.3. The molecule has 0 aliphatic carbocycles. The molecule has 25 heavy (non-hydrogen) atoms. The van der Waals surface area contributed by atoms with Gasteiger partial charge in [-0.25, -0.2) is 0 Å². The molecule has 0 fully saturated rings. The summed E-state index contributed by atoms with van der Waals surface area (Å²) in [6.45, 7) is 0.137. The van der Waals surface area contributed by atoms with E-state index in [1.807, 2.05) is 18.2 Å². The van der Waals surface area contributed by atoms with Gasteiger partial charge in [0.1, 0.15) is 5.75 Å². The highest BCUT2D eigenvalue weighted by molar-refractivity contribution is 5.94. The number of ether oxygens (including phenoxy) is 1. The van der Waals surface area contributed by atoms with Crippen molar-refractivity contribution >= 4 is 5.91 Å². The highest BCUT2D eigenvalue weighted by Crippen LogP contribution is 2.20. The molecule has 0 bridgehead atoms. The molecule has 0 aliphatic rings. The molecule has 1 heterocycles. The van der Waals surface area contributed by atoms with Crippen LogP contribution in [0.1, 0.15) is 21.7 Å². The lowest BCUT2D eigenvalue weighted by Gasteiger charge is -2.02. The number of methoxy groups -OCH3 is 1. The predicted molar refractivity (Wildman–Crippen MR) is 88.6 cm³/mol. The van der Waals surface area contributed by atoms with Gasteiger partial charge in [-0.3, -0.25) is 4.79 Å². The van der Waals surface area contributed by atoms with Crippen LogP contribution in [0, 0.1) is 11.3 Å². The molecular formula is C18H14N4O3. The topological polar surface area (TPSA) is 101 Å². The summed E-state index contributed by atoms with van der Waals surface area (Å²) >= 11 is 0. The van der Waals surface area contributed by atoms with E-state index >= 15 is 0 Å². The summed E-state index contributed by atoms with van der Waals surface area (Å²) in [5, 5.41) is 15.3. The Bertz CT molecular complexity index is 909. The maximum atomic E-state index is 12.1. The third-order valence-corrected chi connectivity index (χ3v) is 3.49. The van der Waals surface area contributed by atoms with E-state index in [0.717, 1.165) is 11.3 Å². The van der Waals surface area contributed by atoms with Crippen LogP contribution < -0.4 is 10.1 Å². The van der Waals surface area contributed by atoms with Crippen LogP contribution in [0.15, 0.2) is 53.1 Å². The molecule has 0 unspecified atom stereocenters. The Hall–Kier alpha value is -3.66. The summed E-state index contributed by atoms with van der Waals surface area (Å²) in [6.07, 6.45) is 0. The zero-order chi connectivity index (χ0) is 17.6. The average molecular weight is 334 g/mol. The standard InChI is InChI=1S/C18H14N4O3/c1-24-15-8-6-14(7-9-15)18-21-16(22-25-18)11-20-17(23)13-4-2-12(10-19)3-5-13/h2-9H,11H2,1H3,(H,20,23). The average Bonchev–Trinajstić information content (AvgIpc) is 3.15. The number of nitriles is 1. The minimum Gasteiger partial charge on any atom is -0.497 e. The van der Waals surface area contributed by atoms with E-state index < -0.39 is 0 Å². The third kappa shape index (κ3) is 3.82. The van der Waals surface area contributed by atoms with Crippen molar-refractivity contribution < 1.29 is 14.1 Å². The number of rotatable bonds is 5. The largest absolute Gasteiger partial charge is 0.497 e. The quantitative estimate of drug-likeness (QED) is 0.769. The molecule has 3 aromatic rings. The zero-order valence-corrected chi connectivity index (χ0v) is 13.4. The van der Waals surface area contributed by atoms with Gasteiger partial charge in [0.25, 0.3) is 11.8 Å². The Morgan fingerprint density at radius 3 is 2.56 bits per heavy atom. The molecule has 1 amide bonds. The number of hydrogen-bond acceptors (Lipinski definition) is 6. The molecule has 0 spiro atoms. The first-order chi connectivity index (χ1) is 12.2. The lowest BCUT2D eigenvalue weighted by molar-refractivity contribution is 0.0949. The van der Waals surface area contributed by atoms with Crippen molar-refractivity contribution in [1.82, 2.24) is 15.5 Å². The summed E-state index contributed by atoms with van der Waals surface area (Å²) in [4.78, 5) is 16.3. The molecule has 1 N–H and O–H groups in total. The van der Waals surface area contributed by atoms with Gasteiger partial charge in [0, 0.05) is 11.1 Å². The van der Waals surface area contributed by atoms with Crippen LogP contribution in [0.2, 0.25) is 0 Å². The van der Waals surface area contributed by atoms with E-state index in [9.17, 15) is 4.79 Å². The van der Waals surface area contributed by atoms with Crippen molar-refractivity contribution in [1.29, 1.82) is 5.26 Å². The van der Waals surface area contributed by atoms with Crippen molar-refractivity contribution in [2.24, 2.45) is 0 Å². The highest BCUT2D eigenvalue weighted by Gasteiger charge is 2.11. The SMILES string of the molecule is COc1ccc(-c2nc(CNC(=O)c3ccc(C#N)cc3)no2)cc1. The molecule has 1 aromatic heterocycles. The number of nitrogens with zero attached hydrogens (tertiary/aromatic N) is 3. The van der Waals surface area contributed by atoms with Crippen molar-refractivity contribution in [3.63, 3.8) is 0 Å². The molecule has 0 saturated heterocycles. The number of nitrogens with one attached hydrogen (secondary N) is 1. The lowest BCUT2D eigenvalue weighted by Crippen LogP contribution is -2.23. The van der Waals surface area contributed by atoms with E-state index in [-0.39, 0.29) is 12.5 Å². The fraction of sp³-hybridized carbons (Fsp3) is 0.111.